The molecule has 0 aliphatic rings. The van der Waals surface area contributed by atoms with Crippen LogP contribution in [0.15, 0.2) is 0 Å². The normalized spacial score (nSPS) is 14.5. The molecule has 0 aromatic heterocycles. The summed E-state index contributed by atoms with van der Waals surface area (Å²) in [4.78, 5) is 21.1. The highest BCUT2D eigenvalue weighted by atomic mass is 16.5. The molecule has 0 aromatic rings. The summed E-state index contributed by atoms with van der Waals surface area (Å²) in [5.74, 6) is 6.24. The molecule has 13 heavy (non-hydrogen) atoms. The van der Waals surface area contributed by atoms with E-state index in [0.29, 0.717) is 0 Å². The molecule has 7 N–H and O–H groups in total. The minimum atomic E-state index is -2.23. The fourth-order valence-electron chi connectivity index (χ4n) is 0.494. The van der Waals surface area contributed by atoms with Crippen molar-refractivity contribution in [3.05, 3.63) is 5.21 Å². The lowest BCUT2D eigenvalue weighted by molar-refractivity contribution is -0.151. The monoisotopic (exact) mass is 193 g/mol. The number of hydrogen-bond acceptors (Lipinski definition) is 7. The van der Waals surface area contributed by atoms with Crippen LogP contribution in [0.3, 0.4) is 0 Å². The number of hydrazine groups is 2. The average molecular weight is 193 g/mol. The van der Waals surface area contributed by atoms with E-state index in [9.17, 15) is 14.8 Å². The van der Waals surface area contributed by atoms with E-state index in [4.69, 9.17) is 10.2 Å². The highest BCUT2D eigenvalue weighted by Gasteiger charge is 2.29. The van der Waals surface area contributed by atoms with Crippen LogP contribution in [-0.4, -0.2) is 39.4 Å². The molecule has 0 fully saturated rings. The number of amides is 2. The smallest absolute Gasteiger partial charge is 0.265 e. The van der Waals surface area contributed by atoms with Gasteiger partial charge in [0.1, 0.15) is 0 Å². The topological polar surface area (TPSA) is 165 Å². The predicted molar refractivity (Wildman–Crippen MR) is 38.7 cm³/mol. The quantitative estimate of drug-likeness (QED) is 0.172. The Kier molecular flexibility index (Phi) is 4.23. The largest absolute Gasteiger partial charge is 0.741 e. The summed E-state index contributed by atoms with van der Waals surface area (Å²) in [6, 6.07) is 0. The number of hydroxylamine groups is 1. The molecule has 0 rings (SSSR count). The second-order valence-electron chi connectivity index (χ2n) is 2.06. The third kappa shape index (κ3) is 2.93. The Morgan fingerprint density at radius 3 is 2.15 bits per heavy atom. The van der Waals surface area contributed by atoms with Crippen LogP contribution in [-0.2, 0) is 9.59 Å². The van der Waals surface area contributed by atoms with Crippen molar-refractivity contribution in [3.63, 3.8) is 0 Å². The Labute approximate surface area is 72.4 Å². The van der Waals surface area contributed by atoms with Crippen molar-refractivity contribution in [2.75, 3.05) is 0 Å². The van der Waals surface area contributed by atoms with Crippen molar-refractivity contribution >= 4 is 11.8 Å². The lowest BCUT2D eigenvalue weighted by atomic mass is 10.2. The first-order valence-corrected chi connectivity index (χ1v) is 3.04. The lowest BCUT2D eigenvalue weighted by Gasteiger charge is -2.25. The zero-order chi connectivity index (χ0) is 10.6. The Morgan fingerprint density at radius 2 is 1.85 bits per heavy atom. The van der Waals surface area contributed by atoms with E-state index >= 15 is 0 Å². The van der Waals surface area contributed by atoms with Crippen LogP contribution in [0, 0.1) is 5.21 Å². The number of hydrogen-bond donors (Lipinski definition) is 5. The number of aliphatic hydroxyl groups excluding tert-OH is 2. The van der Waals surface area contributed by atoms with Gasteiger partial charge < -0.3 is 20.6 Å². The van der Waals surface area contributed by atoms with Gasteiger partial charge in [0.05, 0.1) is 0 Å². The van der Waals surface area contributed by atoms with Gasteiger partial charge in [0, 0.05) is 0 Å². The van der Waals surface area contributed by atoms with Crippen molar-refractivity contribution in [3.8, 4) is 0 Å². The highest BCUT2D eigenvalue weighted by Crippen LogP contribution is 1.96. The molecule has 0 aliphatic carbocycles. The Hall–Kier alpha value is -1.26. The third-order valence-electron chi connectivity index (χ3n) is 1.18. The van der Waals surface area contributed by atoms with Crippen molar-refractivity contribution < 1.29 is 19.8 Å². The number of nitrogens with one attached hydrogen (secondary N) is 1. The molecule has 0 saturated heterocycles. The van der Waals surface area contributed by atoms with Gasteiger partial charge in [-0.05, 0) is 0 Å². The molecule has 0 aromatic carbocycles. The summed E-state index contributed by atoms with van der Waals surface area (Å²) >= 11 is 0. The van der Waals surface area contributed by atoms with Crippen LogP contribution in [0.4, 0.5) is 0 Å². The van der Waals surface area contributed by atoms with Crippen LogP contribution in [0.25, 0.3) is 0 Å². The number of aliphatic hydroxyl groups is 2. The van der Waals surface area contributed by atoms with Gasteiger partial charge in [-0.25, -0.2) is 5.84 Å². The minimum absolute atomic E-state index is 0.697. The minimum Gasteiger partial charge on any atom is -0.741 e. The molecule has 0 spiro atoms. The van der Waals surface area contributed by atoms with Crippen LogP contribution in [0.1, 0.15) is 0 Å². The first-order chi connectivity index (χ1) is 5.91. The summed E-state index contributed by atoms with van der Waals surface area (Å²) in [7, 11) is 0. The van der Waals surface area contributed by atoms with Gasteiger partial charge in [0.25, 0.3) is 11.8 Å². The Balaban J connectivity index is 4.33. The van der Waals surface area contributed by atoms with E-state index in [1.165, 1.54) is 5.43 Å². The molecule has 0 radical (unpaired) electrons. The highest BCUT2D eigenvalue weighted by molar-refractivity contribution is 5.90. The molecular weight excluding hydrogens is 184 g/mol. The van der Waals surface area contributed by atoms with E-state index in [2.05, 4.69) is 11.7 Å². The molecule has 0 heterocycles. The van der Waals surface area contributed by atoms with Crippen LogP contribution >= 0.6 is 0 Å². The van der Waals surface area contributed by atoms with E-state index in [-0.39, 0.29) is 0 Å². The van der Waals surface area contributed by atoms with E-state index in [0.717, 1.165) is 0 Å². The molecule has 2 atom stereocenters. The van der Waals surface area contributed by atoms with Gasteiger partial charge in [-0.1, -0.05) is 0 Å². The van der Waals surface area contributed by atoms with Crippen LogP contribution in [0.5, 0.6) is 0 Å². The van der Waals surface area contributed by atoms with Crippen LogP contribution in [0.2, 0.25) is 0 Å². The van der Waals surface area contributed by atoms with Gasteiger partial charge >= 0.3 is 0 Å². The van der Waals surface area contributed by atoms with E-state index in [1.807, 2.05) is 0 Å². The molecule has 9 heteroatoms. The Bertz CT molecular complexity index is 207. The molecular formula is C4H9N4O5-. The zero-order valence-corrected chi connectivity index (χ0v) is 6.38. The number of nitrogens with zero attached hydrogens (tertiary/aromatic N) is 1. The standard InChI is InChI=1S/C4H9N4O5/c5-7-3(11)1(9)2(10)4(12)8(6)13/h1-2,9-10H,5-6H2,(H,7,11)/q-1. The van der Waals surface area contributed by atoms with Crippen molar-refractivity contribution in [2.45, 2.75) is 12.2 Å². The average Bonchev–Trinajstić information content (AvgIpc) is 2.12. The second kappa shape index (κ2) is 4.69. The van der Waals surface area contributed by atoms with E-state index < -0.39 is 29.2 Å². The lowest BCUT2D eigenvalue weighted by Crippen LogP contribution is -2.52. The van der Waals surface area contributed by atoms with E-state index in [1.54, 1.807) is 0 Å². The summed E-state index contributed by atoms with van der Waals surface area (Å²) in [5, 5.41) is 27.1. The zero-order valence-electron chi connectivity index (χ0n) is 6.38. The molecule has 9 nitrogen and oxygen atoms in total. The van der Waals surface area contributed by atoms with Gasteiger partial charge in [-0.15, -0.1) is 0 Å². The molecule has 0 saturated carbocycles. The summed E-state index contributed by atoms with van der Waals surface area (Å²) in [5.41, 5.74) is 1.48. The predicted octanol–water partition coefficient (Wildman–Crippen LogP) is -4.10. The number of carbonyl (C=O) groups is 2. The number of nitrogens with two attached hydrogens (primary N) is 2. The summed E-state index contributed by atoms with van der Waals surface area (Å²) in [6.07, 6.45) is -4.36. The fourth-order valence-corrected chi connectivity index (χ4v) is 0.494. The molecule has 2 unspecified atom stereocenters. The second-order valence-corrected chi connectivity index (χ2v) is 2.06. The van der Waals surface area contributed by atoms with Crippen molar-refractivity contribution in [2.24, 2.45) is 11.7 Å². The molecule has 0 bridgehead atoms. The number of carbonyl (C=O) groups excluding carboxylic acids is 2. The molecule has 0 aliphatic heterocycles. The Morgan fingerprint density at radius 1 is 1.38 bits per heavy atom. The third-order valence-corrected chi connectivity index (χ3v) is 1.18. The maximum Gasteiger partial charge on any atom is 0.265 e. The molecule has 2 amide bonds. The van der Waals surface area contributed by atoms with Gasteiger partial charge in [-0.3, -0.25) is 20.9 Å². The summed E-state index contributed by atoms with van der Waals surface area (Å²) in [6.45, 7) is 0. The van der Waals surface area contributed by atoms with Crippen LogP contribution < -0.4 is 17.1 Å². The first kappa shape index (κ1) is 11.7. The van der Waals surface area contributed by atoms with Crippen molar-refractivity contribution in [1.82, 2.24) is 10.6 Å². The first-order valence-electron chi connectivity index (χ1n) is 3.04. The van der Waals surface area contributed by atoms with Crippen molar-refractivity contribution in [1.29, 1.82) is 0 Å². The number of rotatable bonds is 3. The van der Waals surface area contributed by atoms with Gasteiger partial charge in [0.2, 0.25) is 0 Å². The summed E-state index contributed by atoms with van der Waals surface area (Å²) < 4.78 is 0. The molecule has 76 valence electrons. The van der Waals surface area contributed by atoms with Gasteiger partial charge in [0.15, 0.2) is 12.2 Å². The fraction of sp³-hybridized carbons (Fsp3) is 0.500. The maximum atomic E-state index is 10.6. The van der Waals surface area contributed by atoms with Gasteiger partial charge in [-0.2, -0.15) is 0 Å². The maximum absolute atomic E-state index is 10.6. The SMILES string of the molecule is NNC(=O)C(O)C(O)C(=O)N(N)[O-].